The molecule has 0 amide bonds. The molecule has 88 valence electrons. The van der Waals surface area contributed by atoms with Crippen LogP contribution < -0.4 is 0 Å². The third-order valence-corrected chi connectivity index (χ3v) is 2.56. The zero-order chi connectivity index (χ0) is 12.0. The Bertz CT molecular complexity index is 325. The molecule has 0 aliphatic heterocycles. The zero-order valence-electron chi connectivity index (χ0n) is 9.48. The summed E-state index contributed by atoms with van der Waals surface area (Å²) in [6, 6.07) is 0. The number of carboxylic acids is 1. The van der Waals surface area contributed by atoms with Crippen LogP contribution in [0.2, 0.25) is 0 Å². The molecule has 0 heterocycles. The third kappa shape index (κ3) is 3.88. The van der Waals surface area contributed by atoms with Gasteiger partial charge in [-0.15, -0.1) is 0 Å². The van der Waals surface area contributed by atoms with Gasteiger partial charge in [0.1, 0.15) is 6.10 Å². The van der Waals surface area contributed by atoms with Crippen molar-refractivity contribution >= 4 is 12.7 Å². The molecule has 1 N–H and O–H groups in total. The van der Waals surface area contributed by atoms with E-state index >= 15 is 0 Å². The first-order valence-corrected chi connectivity index (χ1v) is 5.38. The van der Waals surface area contributed by atoms with Crippen molar-refractivity contribution in [1.29, 1.82) is 0 Å². The molecule has 16 heavy (non-hydrogen) atoms. The number of rotatable bonds is 5. The molecule has 0 aromatic rings. The van der Waals surface area contributed by atoms with Gasteiger partial charge in [0.2, 0.25) is 5.88 Å². The average Bonchev–Trinajstić information content (AvgIpc) is 2.76. The van der Waals surface area contributed by atoms with Gasteiger partial charge in [0.05, 0.1) is 0 Å². The highest BCUT2D eigenvalue weighted by atomic mass is 16.5. The summed E-state index contributed by atoms with van der Waals surface area (Å²) in [5.41, 5.74) is 0.246. The van der Waals surface area contributed by atoms with E-state index in [2.05, 4.69) is 11.7 Å². The molecule has 0 aromatic heterocycles. The monoisotopic (exact) mass is 223 g/mol. The van der Waals surface area contributed by atoms with E-state index in [0.29, 0.717) is 5.88 Å². The molecule has 0 atom stereocenters. The lowest BCUT2D eigenvalue weighted by Crippen LogP contribution is -2.06. The number of hydrogen-bond donors (Lipinski definition) is 1. The van der Waals surface area contributed by atoms with Crippen molar-refractivity contribution in [3.8, 4) is 0 Å². The van der Waals surface area contributed by atoms with E-state index < -0.39 is 5.97 Å². The van der Waals surface area contributed by atoms with Crippen LogP contribution in [-0.4, -0.2) is 23.9 Å². The molecule has 0 aromatic carbocycles. The molecule has 0 spiro atoms. The summed E-state index contributed by atoms with van der Waals surface area (Å²) in [4.78, 5) is 14.3. The molecule has 4 nitrogen and oxygen atoms in total. The molecule has 1 aliphatic rings. The van der Waals surface area contributed by atoms with Crippen LogP contribution in [0.4, 0.5) is 0 Å². The van der Waals surface area contributed by atoms with Crippen LogP contribution in [0.3, 0.4) is 0 Å². The van der Waals surface area contributed by atoms with Gasteiger partial charge in [-0.1, -0.05) is 0 Å². The van der Waals surface area contributed by atoms with E-state index in [1.165, 1.54) is 25.8 Å². The van der Waals surface area contributed by atoms with Gasteiger partial charge >= 0.3 is 5.97 Å². The van der Waals surface area contributed by atoms with Crippen LogP contribution >= 0.6 is 0 Å². The molecule has 1 rings (SSSR count). The maximum Gasteiger partial charge on any atom is 0.331 e. The molecule has 4 heteroatoms. The molecule has 1 fully saturated rings. The molecule has 0 unspecified atom stereocenters. The van der Waals surface area contributed by atoms with Crippen molar-refractivity contribution in [2.24, 2.45) is 4.99 Å². The molecule has 1 saturated carbocycles. The van der Waals surface area contributed by atoms with Gasteiger partial charge in [0, 0.05) is 11.6 Å². The molecule has 0 radical (unpaired) electrons. The van der Waals surface area contributed by atoms with Crippen molar-refractivity contribution in [2.45, 2.75) is 38.7 Å². The number of nitrogens with zero attached hydrogens (tertiary/aromatic N) is 1. The number of ether oxygens (including phenoxy) is 1. The maximum absolute atomic E-state index is 10.6. The summed E-state index contributed by atoms with van der Waals surface area (Å²) in [5.74, 6) is -0.548. The Morgan fingerprint density at radius 3 is 2.56 bits per heavy atom. The quantitative estimate of drug-likeness (QED) is 0.337. The average molecular weight is 223 g/mol. The lowest BCUT2D eigenvalue weighted by molar-refractivity contribution is -0.132. The van der Waals surface area contributed by atoms with Crippen LogP contribution in [0.25, 0.3) is 0 Å². The Kier molecular flexibility index (Phi) is 4.76. The van der Waals surface area contributed by atoms with E-state index in [-0.39, 0.29) is 11.7 Å². The molecular formula is C12H17NO3. The van der Waals surface area contributed by atoms with E-state index in [0.717, 1.165) is 12.8 Å². The Morgan fingerprint density at radius 1 is 1.44 bits per heavy atom. The van der Waals surface area contributed by atoms with Gasteiger partial charge in [0.25, 0.3) is 0 Å². The first-order valence-electron chi connectivity index (χ1n) is 5.38. The van der Waals surface area contributed by atoms with Crippen molar-refractivity contribution in [3.63, 3.8) is 0 Å². The molecule has 0 saturated heterocycles. The van der Waals surface area contributed by atoms with Crippen LogP contribution in [0.15, 0.2) is 28.6 Å². The summed E-state index contributed by atoms with van der Waals surface area (Å²) >= 11 is 0. The zero-order valence-corrected chi connectivity index (χ0v) is 9.48. The fraction of sp³-hybridized carbons (Fsp3) is 0.500. The summed E-state index contributed by atoms with van der Waals surface area (Å²) in [6.45, 7) is 4.93. The molecule has 0 bridgehead atoms. The summed E-state index contributed by atoms with van der Waals surface area (Å²) in [6.07, 6.45) is 7.66. The normalized spacial score (nSPS) is 18.6. The second kappa shape index (κ2) is 6.10. The highest BCUT2D eigenvalue weighted by molar-refractivity contribution is 5.86. The van der Waals surface area contributed by atoms with Gasteiger partial charge < -0.3 is 9.84 Å². The smallest absolute Gasteiger partial charge is 0.331 e. The topological polar surface area (TPSA) is 58.9 Å². The lowest BCUT2D eigenvalue weighted by Gasteiger charge is -2.11. The Hall–Kier alpha value is -1.58. The van der Waals surface area contributed by atoms with Crippen molar-refractivity contribution < 1.29 is 14.6 Å². The van der Waals surface area contributed by atoms with Crippen LogP contribution in [0.5, 0.6) is 0 Å². The predicted molar refractivity (Wildman–Crippen MR) is 62.4 cm³/mol. The Labute approximate surface area is 95.3 Å². The minimum Gasteiger partial charge on any atom is -0.478 e. The first kappa shape index (κ1) is 12.5. The SMILES string of the molecule is C=N/C(=C\C=C(/C)C(=O)O)OC1CCCC1. The van der Waals surface area contributed by atoms with Crippen molar-refractivity contribution in [1.82, 2.24) is 0 Å². The van der Waals surface area contributed by atoms with E-state index in [1.54, 1.807) is 6.08 Å². The van der Waals surface area contributed by atoms with E-state index in [1.807, 2.05) is 0 Å². The fourth-order valence-corrected chi connectivity index (χ4v) is 1.57. The molecular weight excluding hydrogens is 206 g/mol. The summed E-state index contributed by atoms with van der Waals surface area (Å²) < 4.78 is 5.59. The second-order valence-corrected chi connectivity index (χ2v) is 3.84. The Balaban J connectivity index is 2.58. The third-order valence-electron chi connectivity index (χ3n) is 2.56. The summed E-state index contributed by atoms with van der Waals surface area (Å²) in [7, 11) is 0. The standard InChI is InChI=1S/C12H17NO3/c1-9(12(14)15)7-8-11(13-2)16-10-5-3-4-6-10/h7-8,10H,2-6H2,1H3,(H,14,15)/b9-7+,11-8+. The largest absolute Gasteiger partial charge is 0.478 e. The number of aliphatic imine (C=N–C) groups is 1. The lowest BCUT2D eigenvalue weighted by atomic mass is 10.3. The van der Waals surface area contributed by atoms with Crippen LogP contribution in [0, 0.1) is 0 Å². The highest BCUT2D eigenvalue weighted by Gasteiger charge is 2.16. The van der Waals surface area contributed by atoms with Gasteiger partial charge in [-0.3, -0.25) is 0 Å². The minimum absolute atomic E-state index is 0.204. The number of carboxylic acid groups (broad SMARTS) is 1. The highest BCUT2D eigenvalue weighted by Crippen LogP contribution is 2.23. The maximum atomic E-state index is 10.6. The van der Waals surface area contributed by atoms with Gasteiger partial charge in [-0.25, -0.2) is 9.79 Å². The van der Waals surface area contributed by atoms with Crippen LogP contribution in [0.1, 0.15) is 32.6 Å². The number of carbonyl (C=O) groups is 1. The Morgan fingerprint density at radius 2 is 2.06 bits per heavy atom. The summed E-state index contributed by atoms with van der Waals surface area (Å²) in [5, 5.41) is 8.67. The van der Waals surface area contributed by atoms with Gasteiger partial charge in [-0.05, 0) is 45.4 Å². The molecule has 1 aliphatic carbocycles. The van der Waals surface area contributed by atoms with E-state index in [9.17, 15) is 4.79 Å². The van der Waals surface area contributed by atoms with Gasteiger partial charge in [-0.2, -0.15) is 0 Å². The minimum atomic E-state index is -0.944. The number of allylic oxidation sites excluding steroid dienone is 2. The fourth-order valence-electron chi connectivity index (χ4n) is 1.57. The number of aliphatic carboxylic acids is 1. The first-order chi connectivity index (χ1) is 7.63. The predicted octanol–water partition coefficient (Wildman–Crippen LogP) is 2.52. The van der Waals surface area contributed by atoms with Crippen LogP contribution in [-0.2, 0) is 9.53 Å². The van der Waals surface area contributed by atoms with Crippen molar-refractivity contribution in [3.05, 3.63) is 23.6 Å². The van der Waals surface area contributed by atoms with E-state index in [4.69, 9.17) is 9.84 Å². The number of hydrogen-bond acceptors (Lipinski definition) is 3. The van der Waals surface area contributed by atoms with Gasteiger partial charge in [0.15, 0.2) is 0 Å². The second-order valence-electron chi connectivity index (χ2n) is 3.84. The van der Waals surface area contributed by atoms with Crippen molar-refractivity contribution in [2.75, 3.05) is 0 Å².